The largest absolute Gasteiger partial charge is 0.383 e. The molecule has 1 saturated heterocycles. The maximum Gasteiger partial charge on any atom is 0.233 e. The Balaban J connectivity index is 1.98. The van der Waals surface area contributed by atoms with Gasteiger partial charge in [-0.25, -0.2) is 0 Å². The molecule has 1 fully saturated rings. The number of amides is 1. The molecule has 0 saturated carbocycles. The van der Waals surface area contributed by atoms with E-state index in [4.69, 9.17) is 4.74 Å². The number of carbonyl (C=O) groups excluding carboxylic acids is 1. The lowest BCUT2D eigenvalue weighted by atomic mass is 10.1. The van der Waals surface area contributed by atoms with Gasteiger partial charge in [-0.1, -0.05) is 6.92 Å². The van der Waals surface area contributed by atoms with Gasteiger partial charge in [-0.05, 0) is 31.8 Å². The topological polar surface area (TPSA) is 53.6 Å². The van der Waals surface area contributed by atoms with Gasteiger partial charge in [-0.2, -0.15) is 0 Å². The van der Waals surface area contributed by atoms with Crippen molar-refractivity contribution in [1.82, 2.24) is 15.5 Å². The number of nitrogens with one attached hydrogen (secondary N) is 2. The summed E-state index contributed by atoms with van der Waals surface area (Å²) in [6.45, 7) is 8.22. The van der Waals surface area contributed by atoms with Crippen molar-refractivity contribution in [2.24, 2.45) is 5.92 Å². The minimum absolute atomic E-state index is 0.0689. The highest BCUT2D eigenvalue weighted by Gasteiger charge is 2.14. The summed E-state index contributed by atoms with van der Waals surface area (Å²) in [6.07, 6.45) is 2.64. The summed E-state index contributed by atoms with van der Waals surface area (Å²) in [5, 5.41) is 6.00. The molecule has 106 valence electrons. The average molecular weight is 257 g/mol. The van der Waals surface area contributed by atoms with E-state index >= 15 is 0 Å². The van der Waals surface area contributed by atoms with Crippen LogP contribution in [0.25, 0.3) is 0 Å². The van der Waals surface area contributed by atoms with Crippen LogP contribution in [0, 0.1) is 5.92 Å². The van der Waals surface area contributed by atoms with Gasteiger partial charge in [-0.15, -0.1) is 0 Å². The Bertz CT molecular complexity index is 230. The second-order valence-electron chi connectivity index (χ2n) is 5.09. The molecule has 0 radical (unpaired) electrons. The Morgan fingerprint density at radius 3 is 2.78 bits per heavy atom. The van der Waals surface area contributed by atoms with Gasteiger partial charge in [0.1, 0.15) is 0 Å². The summed E-state index contributed by atoms with van der Waals surface area (Å²) in [7, 11) is 1.65. The van der Waals surface area contributed by atoms with Crippen LogP contribution in [-0.4, -0.2) is 63.8 Å². The van der Waals surface area contributed by atoms with Crippen molar-refractivity contribution in [3.8, 4) is 0 Å². The number of hydrogen-bond acceptors (Lipinski definition) is 4. The lowest BCUT2D eigenvalue weighted by Crippen LogP contribution is -2.39. The Labute approximate surface area is 110 Å². The fraction of sp³-hybridized carbons (Fsp3) is 0.923. The van der Waals surface area contributed by atoms with Crippen LogP contribution in [0.4, 0.5) is 0 Å². The summed E-state index contributed by atoms with van der Waals surface area (Å²) < 4.78 is 4.90. The zero-order chi connectivity index (χ0) is 13.2. The quantitative estimate of drug-likeness (QED) is 0.574. The molecule has 0 aromatic rings. The minimum atomic E-state index is 0.0689. The molecular formula is C13H27N3O2. The number of likely N-dealkylation sites (tertiary alicyclic amines) is 1. The van der Waals surface area contributed by atoms with Crippen LogP contribution in [-0.2, 0) is 9.53 Å². The van der Waals surface area contributed by atoms with Crippen LogP contribution in [0.15, 0.2) is 0 Å². The second-order valence-corrected chi connectivity index (χ2v) is 5.09. The number of hydrogen-bond donors (Lipinski definition) is 2. The van der Waals surface area contributed by atoms with Gasteiger partial charge in [-0.3, -0.25) is 4.79 Å². The summed E-state index contributed by atoms with van der Waals surface area (Å²) in [6, 6.07) is 0. The van der Waals surface area contributed by atoms with Gasteiger partial charge in [0.2, 0.25) is 5.91 Å². The summed E-state index contributed by atoms with van der Waals surface area (Å²) in [5.74, 6) is 0.588. The van der Waals surface area contributed by atoms with Gasteiger partial charge in [0.25, 0.3) is 0 Å². The zero-order valence-electron chi connectivity index (χ0n) is 11.7. The molecule has 0 bridgehead atoms. The van der Waals surface area contributed by atoms with Crippen LogP contribution in [0.5, 0.6) is 0 Å². The van der Waals surface area contributed by atoms with E-state index < -0.39 is 0 Å². The molecule has 2 N–H and O–H groups in total. The van der Waals surface area contributed by atoms with Crippen molar-refractivity contribution in [1.29, 1.82) is 0 Å². The molecule has 1 amide bonds. The first-order valence-electron chi connectivity index (χ1n) is 6.91. The first kappa shape index (κ1) is 15.4. The van der Waals surface area contributed by atoms with Crippen LogP contribution in [0.2, 0.25) is 0 Å². The third-order valence-corrected chi connectivity index (χ3v) is 3.18. The van der Waals surface area contributed by atoms with Crippen molar-refractivity contribution in [2.75, 3.05) is 53.0 Å². The van der Waals surface area contributed by atoms with Crippen molar-refractivity contribution in [3.05, 3.63) is 0 Å². The molecule has 1 heterocycles. The zero-order valence-corrected chi connectivity index (χ0v) is 11.7. The smallest absolute Gasteiger partial charge is 0.233 e. The molecule has 18 heavy (non-hydrogen) atoms. The SMILES string of the molecule is COCCNCC(=O)NCC(C)CN1CCCC1. The van der Waals surface area contributed by atoms with E-state index in [-0.39, 0.29) is 5.91 Å². The molecule has 1 aliphatic heterocycles. The fourth-order valence-electron chi connectivity index (χ4n) is 2.20. The predicted octanol–water partition coefficient (Wildman–Crippen LogP) is 0.0705. The predicted molar refractivity (Wildman–Crippen MR) is 72.6 cm³/mol. The molecule has 1 aliphatic rings. The molecule has 0 spiro atoms. The van der Waals surface area contributed by atoms with Crippen LogP contribution in [0.3, 0.4) is 0 Å². The Kier molecular flexibility index (Phi) is 7.96. The van der Waals surface area contributed by atoms with E-state index in [1.54, 1.807) is 7.11 Å². The van der Waals surface area contributed by atoms with Crippen molar-refractivity contribution in [2.45, 2.75) is 19.8 Å². The van der Waals surface area contributed by atoms with E-state index in [0.717, 1.165) is 13.1 Å². The standard InChI is InChI=1S/C13H27N3O2/c1-12(11-16-6-3-4-7-16)9-15-13(17)10-14-5-8-18-2/h12,14H,3-11H2,1-2H3,(H,15,17). The van der Waals surface area contributed by atoms with Gasteiger partial charge in [0.15, 0.2) is 0 Å². The Morgan fingerprint density at radius 2 is 2.11 bits per heavy atom. The Hall–Kier alpha value is -0.650. The van der Waals surface area contributed by atoms with E-state index in [1.807, 2.05) is 0 Å². The molecule has 0 aromatic heterocycles. The van der Waals surface area contributed by atoms with Crippen LogP contribution >= 0.6 is 0 Å². The summed E-state index contributed by atoms with van der Waals surface area (Å²) in [5.41, 5.74) is 0. The molecule has 5 nitrogen and oxygen atoms in total. The molecule has 1 unspecified atom stereocenters. The second kappa shape index (κ2) is 9.30. The Morgan fingerprint density at radius 1 is 1.39 bits per heavy atom. The molecule has 5 heteroatoms. The third kappa shape index (κ3) is 6.93. The lowest BCUT2D eigenvalue weighted by Gasteiger charge is -2.20. The number of methoxy groups -OCH3 is 1. The van der Waals surface area contributed by atoms with Gasteiger partial charge in [0.05, 0.1) is 13.2 Å². The highest BCUT2D eigenvalue weighted by Crippen LogP contribution is 2.09. The third-order valence-electron chi connectivity index (χ3n) is 3.18. The van der Waals surface area contributed by atoms with Crippen molar-refractivity contribution < 1.29 is 9.53 Å². The minimum Gasteiger partial charge on any atom is -0.383 e. The normalized spacial score (nSPS) is 17.9. The first-order chi connectivity index (χ1) is 8.72. The number of nitrogens with zero attached hydrogens (tertiary/aromatic N) is 1. The maximum absolute atomic E-state index is 11.5. The van der Waals surface area contributed by atoms with E-state index in [9.17, 15) is 4.79 Å². The van der Waals surface area contributed by atoms with Crippen molar-refractivity contribution in [3.63, 3.8) is 0 Å². The summed E-state index contributed by atoms with van der Waals surface area (Å²) >= 11 is 0. The first-order valence-corrected chi connectivity index (χ1v) is 6.91. The van der Waals surface area contributed by atoms with Crippen LogP contribution in [0.1, 0.15) is 19.8 Å². The van der Waals surface area contributed by atoms with Gasteiger partial charge < -0.3 is 20.3 Å². The van der Waals surface area contributed by atoms with Crippen LogP contribution < -0.4 is 10.6 Å². The number of ether oxygens (including phenoxy) is 1. The van der Waals surface area contributed by atoms with E-state index in [0.29, 0.717) is 25.6 Å². The molecule has 0 aliphatic carbocycles. The summed E-state index contributed by atoms with van der Waals surface area (Å²) in [4.78, 5) is 14.0. The average Bonchev–Trinajstić information content (AvgIpc) is 2.85. The van der Waals surface area contributed by atoms with Gasteiger partial charge >= 0.3 is 0 Å². The number of carbonyl (C=O) groups is 1. The molecule has 0 aromatic carbocycles. The molecule has 1 rings (SSSR count). The van der Waals surface area contributed by atoms with E-state index in [2.05, 4.69) is 22.5 Å². The lowest BCUT2D eigenvalue weighted by molar-refractivity contribution is -0.120. The van der Waals surface area contributed by atoms with E-state index in [1.165, 1.54) is 25.9 Å². The van der Waals surface area contributed by atoms with Crippen molar-refractivity contribution >= 4 is 5.91 Å². The highest BCUT2D eigenvalue weighted by atomic mass is 16.5. The molecule has 1 atom stereocenters. The highest BCUT2D eigenvalue weighted by molar-refractivity contribution is 5.77. The number of rotatable bonds is 9. The van der Waals surface area contributed by atoms with Gasteiger partial charge in [0, 0.05) is 26.7 Å². The maximum atomic E-state index is 11.5. The fourth-order valence-corrected chi connectivity index (χ4v) is 2.20. The molecular weight excluding hydrogens is 230 g/mol. The monoisotopic (exact) mass is 257 g/mol.